The molecule has 2 bridgehead atoms. The predicted molar refractivity (Wildman–Crippen MR) is 77.8 cm³/mol. The Morgan fingerprint density at radius 3 is 2.86 bits per heavy atom. The van der Waals surface area contributed by atoms with Gasteiger partial charge in [-0.1, -0.05) is 30.3 Å². The van der Waals surface area contributed by atoms with E-state index in [-0.39, 0.29) is 17.8 Å². The molecule has 0 radical (unpaired) electrons. The molecule has 1 aromatic heterocycles. The van der Waals surface area contributed by atoms with Crippen LogP contribution in [0.5, 0.6) is 0 Å². The number of hydrogen-bond donors (Lipinski definition) is 2. The molecule has 1 aromatic carbocycles. The molecule has 2 N–H and O–H groups in total. The van der Waals surface area contributed by atoms with Crippen molar-refractivity contribution in [3.8, 4) is 11.3 Å². The monoisotopic (exact) mass is 283 g/mol. The van der Waals surface area contributed by atoms with E-state index in [0.29, 0.717) is 17.8 Å². The molecule has 2 saturated heterocycles. The highest BCUT2D eigenvalue weighted by molar-refractivity contribution is 5.90. The summed E-state index contributed by atoms with van der Waals surface area (Å²) in [6.45, 7) is 0. The summed E-state index contributed by atoms with van der Waals surface area (Å²) in [6, 6.07) is 10.8. The van der Waals surface area contributed by atoms with E-state index in [1.807, 2.05) is 30.3 Å². The van der Waals surface area contributed by atoms with Gasteiger partial charge in [-0.3, -0.25) is 4.79 Å². The van der Waals surface area contributed by atoms with E-state index in [0.717, 1.165) is 18.4 Å². The molecule has 0 saturated carbocycles. The molecular formula is C16H17N3O2. The molecule has 2 fully saturated rings. The van der Waals surface area contributed by atoms with Crippen molar-refractivity contribution in [3.63, 3.8) is 0 Å². The Kier molecular flexibility index (Phi) is 3.00. The lowest BCUT2D eigenvalue weighted by Crippen LogP contribution is -2.43. The number of carbonyl (C=O) groups excluding carboxylic acids is 1. The number of nitrogens with zero attached hydrogens (tertiary/aromatic N) is 1. The Bertz CT molecular complexity index is 653. The summed E-state index contributed by atoms with van der Waals surface area (Å²) < 4.78 is 5.58. The summed E-state index contributed by atoms with van der Waals surface area (Å²) in [4.78, 5) is 16.3. The number of rotatable bonds is 3. The van der Waals surface area contributed by atoms with Crippen molar-refractivity contribution in [1.82, 2.24) is 15.6 Å². The van der Waals surface area contributed by atoms with Crippen LogP contribution in [0, 0.1) is 0 Å². The molecule has 108 valence electrons. The first-order valence-corrected chi connectivity index (χ1v) is 7.38. The summed E-state index contributed by atoms with van der Waals surface area (Å²) in [5.74, 6) is 0.528. The highest BCUT2D eigenvalue weighted by Crippen LogP contribution is 2.28. The fraction of sp³-hybridized carbons (Fsp3) is 0.375. The van der Waals surface area contributed by atoms with Crippen molar-refractivity contribution in [3.05, 3.63) is 42.4 Å². The Labute approximate surface area is 122 Å². The van der Waals surface area contributed by atoms with Crippen LogP contribution < -0.4 is 10.6 Å². The van der Waals surface area contributed by atoms with Gasteiger partial charge in [0.05, 0.1) is 6.20 Å². The van der Waals surface area contributed by atoms with E-state index < -0.39 is 0 Å². The minimum atomic E-state index is -0.225. The van der Waals surface area contributed by atoms with Gasteiger partial charge in [-0.05, 0) is 19.3 Å². The third-order valence-corrected chi connectivity index (χ3v) is 4.37. The third kappa shape index (κ3) is 2.34. The standard InChI is InChI=1S/C16H17N3O2/c20-15(19-13-8-11-6-7-12(13)18-11)16-17-9-14(21-16)10-4-2-1-3-5-10/h1-5,9,11-13,18H,6-8H2,(H,19,20)/t11?,12?,13-/m0/s1. The Morgan fingerprint density at radius 1 is 1.29 bits per heavy atom. The maximum absolute atomic E-state index is 12.2. The van der Waals surface area contributed by atoms with Gasteiger partial charge in [0.25, 0.3) is 5.89 Å². The van der Waals surface area contributed by atoms with Crippen LogP contribution in [0.25, 0.3) is 11.3 Å². The molecule has 1 amide bonds. The maximum atomic E-state index is 12.2. The molecule has 0 spiro atoms. The molecule has 5 nitrogen and oxygen atoms in total. The molecule has 0 aliphatic carbocycles. The van der Waals surface area contributed by atoms with Gasteiger partial charge in [-0.15, -0.1) is 0 Å². The van der Waals surface area contributed by atoms with Gasteiger partial charge in [0, 0.05) is 23.7 Å². The molecule has 2 unspecified atom stereocenters. The van der Waals surface area contributed by atoms with Crippen molar-refractivity contribution in [1.29, 1.82) is 0 Å². The number of benzene rings is 1. The first-order valence-electron chi connectivity index (χ1n) is 7.38. The Morgan fingerprint density at radius 2 is 2.14 bits per heavy atom. The van der Waals surface area contributed by atoms with Crippen molar-refractivity contribution in [2.24, 2.45) is 0 Å². The van der Waals surface area contributed by atoms with Crippen LogP contribution in [0.3, 0.4) is 0 Å². The lowest BCUT2D eigenvalue weighted by atomic mass is 9.95. The van der Waals surface area contributed by atoms with Crippen molar-refractivity contribution in [2.75, 3.05) is 0 Å². The number of aromatic nitrogens is 1. The van der Waals surface area contributed by atoms with E-state index in [2.05, 4.69) is 15.6 Å². The van der Waals surface area contributed by atoms with Crippen LogP contribution in [0.15, 0.2) is 40.9 Å². The first kappa shape index (κ1) is 12.6. The van der Waals surface area contributed by atoms with Gasteiger partial charge in [-0.25, -0.2) is 4.98 Å². The van der Waals surface area contributed by atoms with Gasteiger partial charge in [0.2, 0.25) is 0 Å². The molecule has 2 aromatic rings. The SMILES string of the molecule is O=C(N[C@H]1CC2CCC1N2)c1ncc(-c2ccccc2)o1. The number of nitrogens with one attached hydrogen (secondary N) is 2. The van der Waals surface area contributed by atoms with Crippen molar-refractivity contribution < 1.29 is 9.21 Å². The maximum Gasteiger partial charge on any atom is 0.307 e. The summed E-state index contributed by atoms with van der Waals surface area (Å²) in [7, 11) is 0. The highest BCUT2D eigenvalue weighted by atomic mass is 16.4. The summed E-state index contributed by atoms with van der Waals surface area (Å²) >= 11 is 0. The molecule has 3 atom stereocenters. The Hall–Kier alpha value is -2.14. The van der Waals surface area contributed by atoms with Gasteiger partial charge >= 0.3 is 5.91 Å². The Balaban J connectivity index is 1.47. The van der Waals surface area contributed by atoms with Crippen LogP contribution in [-0.4, -0.2) is 29.0 Å². The fourth-order valence-corrected chi connectivity index (χ4v) is 3.33. The van der Waals surface area contributed by atoms with Crippen LogP contribution in [-0.2, 0) is 0 Å². The second-order valence-corrected chi connectivity index (χ2v) is 5.76. The first-order chi connectivity index (χ1) is 10.3. The van der Waals surface area contributed by atoms with Crippen molar-refractivity contribution >= 4 is 5.91 Å². The van der Waals surface area contributed by atoms with Crippen molar-refractivity contribution in [2.45, 2.75) is 37.4 Å². The second-order valence-electron chi connectivity index (χ2n) is 5.76. The molecule has 4 rings (SSSR count). The topological polar surface area (TPSA) is 67.2 Å². The molecular weight excluding hydrogens is 266 g/mol. The third-order valence-electron chi connectivity index (χ3n) is 4.37. The lowest BCUT2D eigenvalue weighted by Gasteiger charge is -2.20. The summed E-state index contributed by atoms with van der Waals surface area (Å²) in [5, 5.41) is 6.53. The molecule has 5 heteroatoms. The minimum absolute atomic E-state index is 0.136. The van der Waals surface area contributed by atoms with Gasteiger partial charge in [0.15, 0.2) is 5.76 Å². The zero-order chi connectivity index (χ0) is 14.2. The molecule has 2 aliphatic heterocycles. The predicted octanol–water partition coefficient (Wildman–Crippen LogP) is 1.96. The number of hydrogen-bond acceptors (Lipinski definition) is 4. The normalized spacial score (nSPS) is 27.0. The zero-order valence-electron chi connectivity index (χ0n) is 11.6. The fourth-order valence-electron chi connectivity index (χ4n) is 3.33. The second kappa shape index (κ2) is 5.00. The van der Waals surface area contributed by atoms with Crippen LogP contribution >= 0.6 is 0 Å². The summed E-state index contributed by atoms with van der Waals surface area (Å²) in [5.41, 5.74) is 0.922. The van der Waals surface area contributed by atoms with E-state index in [1.54, 1.807) is 6.20 Å². The van der Waals surface area contributed by atoms with Crippen LogP contribution in [0.1, 0.15) is 29.9 Å². The zero-order valence-corrected chi connectivity index (χ0v) is 11.6. The number of oxazole rings is 1. The minimum Gasteiger partial charge on any atom is -0.432 e. The average molecular weight is 283 g/mol. The van der Waals surface area contributed by atoms with Crippen LogP contribution in [0.4, 0.5) is 0 Å². The molecule has 3 heterocycles. The van der Waals surface area contributed by atoms with Crippen LogP contribution in [0.2, 0.25) is 0 Å². The molecule has 2 aliphatic rings. The lowest BCUT2D eigenvalue weighted by molar-refractivity contribution is 0.0896. The largest absolute Gasteiger partial charge is 0.432 e. The van der Waals surface area contributed by atoms with E-state index in [4.69, 9.17) is 4.42 Å². The number of fused-ring (bicyclic) bond motifs is 2. The summed E-state index contributed by atoms with van der Waals surface area (Å²) in [6.07, 6.45) is 4.95. The average Bonchev–Trinajstić information content (AvgIpc) is 3.24. The molecule has 21 heavy (non-hydrogen) atoms. The number of amides is 1. The van der Waals surface area contributed by atoms with E-state index in [9.17, 15) is 4.79 Å². The van der Waals surface area contributed by atoms with E-state index >= 15 is 0 Å². The number of carbonyl (C=O) groups is 1. The highest BCUT2D eigenvalue weighted by Gasteiger charge is 2.40. The smallest absolute Gasteiger partial charge is 0.307 e. The van der Waals surface area contributed by atoms with E-state index in [1.165, 1.54) is 6.42 Å². The van der Waals surface area contributed by atoms with Gasteiger partial charge in [-0.2, -0.15) is 0 Å². The van der Waals surface area contributed by atoms with Gasteiger partial charge in [0.1, 0.15) is 0 Å². The van der Waals surface area contributed by atoms with Gasteiger partial charge < -0.3 is 15.1 Å². The quantitative estimate of drug-likeness (QED) is 0.903.